The van der Waals surface area contributed by atoms with Crippen molar-refractivity contribution in [2.75, 3.05) is 6.61 Å². The molecule has 0 aliphatic heterocycles. The summed E-state index contributed by atoms with van der Waals surface area (Å²) in [5, 5.41) is 3.86. The zero-order chi connectivity index (χ0) is 24.0. The first-order valence-corrected chi connectivity index (χ1v) is 11.5. The van der Waals surface area contributed by atoms with Crippen LogP contribution in [0.4, 0.5) is 0 Å². The number of ether oxygens (including phenoxy) is 1. The number of carbonyl (C=O) groups excluding carboxylic acids is 2. The SMILES string of the molecule is CC[C@H](C(=O)NC(C)C)N(Cc1ccc(Cl)cc1Cl)C(=O)COc1cc(C)cc(C)c1C. The first-order valence-electron chi connectivity index (χ1n) is 10.8. The number of nitrogens with zero attached hydrogens (tertiary/aromatic N) is 1. The van der Waals surface area contributed by atoms with Gasteiger partial charge in [-0.3, -0.25) is 9.59 Å². The quantitative estimate of drug-likeness (QED) is 0.507. The van der Waals surface area contributed by atoms with Gasteiger partial charge in [0.1, 0.15) is 11.8 Å². The number of hydrogen-bond donors (Lipinski definition) is 1. The molecular formula is C25H32Cl2N2O3. The molecule has 0 aliphatic carbocycles. The van der Waals surface area contributed by atoms with Crippen LogP contribution in [0.1, 0.15) is 49.4 Å². The van der Waals surface area contributed by atoms with Crippen LogP contribution in [0.5, 0.6) is 5.75 Å². The number of nitrogens with one attached hydrogen (secondary N) is 1. The highest BCUT2D eigenvalue weighted by molar-refractivity contribution is 6.35. The Hall–Kier alpha value is -2.24. The zero-order valence-electron chi connectivity index (χ0n) is 19.6. The number of carbonyl (C=O) groups is 2. The van der Waals surface area contributed by atoms with Crippen molar-refractivity contribution in [1.82, 2.24) is 10.2 Å². The van der Waals surface area contributed by atoms with Crippen molar-refractivity contribution in [3.63, 3.8) is 0 Å². The first kappa shape index (κ1) is 26.0. The van der Waals surface area contributed by atoms with Crippen molar-refractivity contribution in [2.45, 2.75) is 66.6 Å². The monoisotopic (exact) mass is 478 g/mol. The van der Waals surface area contributed by atoms with E-state index in [1.165, 1.54) is 4.90 Å². The Morgan fingerprint density at radius 3 is 2.38 bits per heavy atom. The standard InChI is InChI=1S/C25H32Cl2N2O3/c1-7-22(25(31)28-15(2)3)29(13-19-8-9-20(26)12-21(19)27)24(30)14-32-23-11-16(4)10-17(5)18(23)6/h8-12,15,22H,7,13-14H2,1-6H3,(H,28,31)/t22-/m1/s1. The van der Waals surface area contributed by atoms with Crippen LogP contribution in [-0.2, 0) is 16.1 Å². The van der Waals surface area contributed by atoms with Crippen molar-refractivity contribution in [3.05, 3.63) is 62.6 Å². The van der Waals surface area contributed by atoms with Crippen molar-refractivity contribution in [2.24, 2.45) is 0 Å². The lowest BCUT2D eigenvalue weighted by Crippen LogP contribution is -2.51. The molecule has 0 fully saturated rings. The fraction of sp³-hybridized carbons (Fsp3) is 0.440. The number of rotatable bonds is 9. The van der Waals surface area contributed by atoms with E-state index in [4.69, 9.17) is 27.9 Å². The number of halogens is 2. The van der Waals surface area contributed by atoms with Crippen LogP contribution in [0.2, 0.25) is 10.0 Å². The molecule has 0 radical (unpaired) electrons. The largest absolute Gasteiger partial charge is 0.483 e. The molecule has 174 valence electrons. The van der Waals surface area contributed by atoms with E-state index < -0.39 is 6.04 Å². The fourth-order valence-electron chi connectivity index (χ4n) is 3.51. The highest BCUT2D eigenvalue weighted by atomic mass is 35.5. The molecule has 2 rings (SSSR count). The highest BCUT2D eigenvalue weighted by Gasteiger charge is 2.30. The molecule has 0 aliphatic rings. The second-order valence-electron chi connectivity index (χ2n) is 8.34. The molecule has 0 saturated carbocycles. The Morgan fingerprint density at radius 2 is 1.78 bits per heavy atom. The average Bonchev–Trinajstić information content (AvgIpc) is 2.70. The van der Waals surface area contributed by atoms with Gasteiger partial charge in [-0.2, -0.15) is 0 Å². The third-order valence-electron chi connectivity index (χ3n) is 5.29. The smallest absolute Gasteiger partial charge is 0.261 e. The predicted octanol–water partition coefficient (Wildman–Crippen LogP) is 5.63. The summed E-state index contributed by atoms with van der Waals surface area (Å²) < 4.78 is 5.91. The van der Waals surface area contributed by atoms with Crippen molar-refractivity contribution in [3.8, 4) is 5.75 Å². The molecule has 0 bridgehead atoms. The molecule has 0 aromatic heterocycles. The van der Waals surface area contributed by atoms with Crippen molar-refractivity contribution < 1.29 is 14.3 Å². The third-order valence-corrected chi connectivity index (χ3v) is 5.87. The Balaban J connectivity index is 2.31. The summed E-state index contributed by atoms with van der Waals surface area (Å²) in [6.07, 6.45) is 0.456. The summed E-state index contributed by atoms with van der Waals surface area (Å²) >= 11 is 12.4. The van der Waals surface area contributed by atoms with E-state index in [0.717, 1.165) is 16.7 Å². The summed E-state index contributed by atoms with van der Waals surface area (Å²) in [7, 11) is 0. The molecule has 7 heteroatoms. The number of aryl methyl sites for hydroxylation is 2. The van der Waals surface area contributed by atoms with Gasteiger partial charge in [0.15, 0.2) is 6.61 Å². The van der Waals surface area contributed by atoms with Gasteiger partial charge in [0.05, 0.1) is 0 Å². The van der Waals surface area contributed by atoms with Gasteiger partial charge >= 0.3 is 0 Å². The lowest BCUT2D eigenvalue weighted by Gasteiger charge is -2.31. The van der Waals surface area contributed by atoms with Gasteiger partial charge in [-0.05, 0) is 81.5 Å². The maximum atomic E-state index is 13.3. The Bertz CT molecular complexity index is 976. The number of hydrogen-bond acceptors (Lipinski definition) is 3. The van der Waals surface area contributed by atoms with Gasteiger partial charge in [0.25, 0.3) is 5.91 Å². The Morgan fingerprint density at radius 1 is 1.09 bits per heavy atom. The van der Waals surface area contributed by atoms with Crippen LogP contribution in [-0.4, -0.2) is 35.4 Å². The molecule has 0 saturated heterocycles. The summed E-state index contributed by atoms with van der Waals surface area (Å²) in [5.74, 6) is 0.170. The topological polar surface area (TPSA) is 58.6 Å². The van der Waals surface area contributed by atoms with Gasteiger partial charge in [-0.25, -0.2) is 0 Å². The molecule has 1 atom stereocenters. The molecule has 2 aromatic carbocycles. The van der Waals surface area contributed by atoms with Crippen LogP contribution < -0.4 is 10.1 Å². The molecular weight excluding hydrogens is 447 g/mol. The zero-order valence-corrected chi connectivity index (χ0v) is 21.1. The second-order valence-corrected chi connectivity index (χ2v) is 9.18. The van der Waals surface area contributed by atoms with Gasteiger partial charge in [-0.1, -0.05) is 42.3 Å². The van der Waals surface area contributed by atoms with E-state index in [1.54, 1.807) is 18.2 Å². The molecule has 0 spiro atoms. The average molecular weight is 479 g/mol. The van der Waals surface area contributed by atoms with Crippen molar-refractivity contribution >= 4 is 35.0 Å². The first-order chi connectivity index (χ1) is 15.0. The molecule has 0 unspecified atom stereocenters. The van der Waals surface area contributed by atoms with Crippen LogP contribution in [0.25, 0.3) is 0 Å². The van der Waals surface area contributed by atoms with Gasteiger partial charge in [-0.15, -0.1) is 0 Å². The normalized spacial score (nSPS) is 11.9. The van der Waals surface area contributed by atoms with Gasteiger partial charge in [0, 0.05) is 22.6 Å². The van der Waals surface area contributed by atoms with Crippen LogP contribution in [0.3, 0.4) is 0 Å². The van der Waals surface area contributed by atoms with E-state index >= 15 is 0 Å². The van der Waals surface area contributed by atoms with E-state index in [9.17, 15) is 9.59 Å². The molecule has 2 aromatic rings. The van der Waals surface area contributed by atoms with Gasteiger partial charge < -0.3 is 15.0 Å². The minimum absolute atomic E-state index is 0.0400. The number of benzene rings is 2. The summed E-state index contributed by atoms with van der Waals surface area (Å²) in [5.41, 5.74) is 3.85. The summed E-state index contributed by atoms with van der Waals surface area (Å²) in [4.78, 5) is 27.7. The molecule has 1 N–H and O–H groups in total. The predicted molar refractivity (Wildman–Crippen MR) is 131 cm³/mol. The maximum Gasteiger partial charge on any atom is 0.261 e. The number of amides is 2. The minimum atomic E-state index is -0.652. The maximum absolute atomic E-state index is 13.3. The van der Waals surface area contributed by atoms with Crippen LogP contribution >= 0.6 is 23.2 Å². The van der Waals surface area contributed by atoms with Crippen LogP contribution in [0.15, 0.2) is 30.3 Å². The van der Waals surface area contributed by atoms with E-state index in [1.807, 2.05) is 47.6 Å². The second kappa shape index (κ2) is 11.6. The third kappa shape index (κ3) is 6.88. The lowest BCUT2D eigenvalue weighted by atomic mass is 10.1. The molecule has 5 nitrogen and oxygen atoms in total. The van der Waals surface area contributed by atoms with Gasteiger partial charge in [0.2, 0.25) is 5.91 Å². The Labute approximate surface area is 201 Å². The molecule has 32 heavy (non-hydrogen) atoms. The van der Waals surface area contributed by atoms with Crippen molar-refractivity contribution in [1.29, 1.82) is 0 Å². The van der Waals surface area contributed by atoms with E-state index in [-0.39, 0.29) is 31.0 Å². The Kier molecular flexibility index (Phi) is 9.41. The lowest BCUT2D eigenvalue weighted by molar-refractivity contribution is -0.143. The molecule has 2 amide bonds. The van der Waals surface area contributed by atoms with Crippen LogP contribution in [0, 0.1) is 20.8 Å². The fourth-order valence-corrected chi connectivity index (χ4v) is 3.98. The summed E-state index contributed by atoms with van der Waals surface area (Å²) in [6.45, 7) is 11.6. The van der Waals surface area contributed by atoms with E-state index in [0.29, 0.717) is 27.8 Å². The minimum Gasteiger partial charge on any atom is -0.483 e. The highest BCUT2D eigenvalue weighted by Crippen LogP contribution is 2.25. The van der Waals surface area contributed by atoms with E-state index in [2.05, 4.69) is 11.4 Å². The summed E-state index contributed by atoms with van der Waals surface area (Å²) in [6, 6.07) is 8.41. The molecule has 0 heterocycles.